The van der Waals surface area contributed by atoms with E-state index in [0.29, 0.717) is 12.6 Å². The van der Waals surface area contributed by atoms with Crippen molar-refractivity contribution in [2.75, 3.05) is 13.1 Å². The lowest BCUT2D eigenvalue weighted by atomic mass is 10.3. The van der Waals surface area contributed by atoms with Crippen molar-refractivity contribution in [2.45, 2.75) is 26.0 Å². The fraction of sp³-hybridized carbons (Fsp3) is 0.857. The minimum atomic E-state index is -0.305. The van der Waals surface area contributed by atoms with Gasteiger partial charge >= 0.3 is 6.09 Å². The first-order valence-corrected chi connectivity index (χ1v) is 3.86. The maximum Gasteiger partial charge on any atom is 0.407 e. The van der Waals surface area contributed by atoms with Gasteiger partial charge in [0.1, 0.15) is 6.10 Å². The second-order valence-electron chi connectivity index (χ2n) is 2.97. The van der Waals surface area contributed by atoms with Gasteiger partial charge in [0.15, 0.2) is 0 Å². The number of ether oxygens (including phenoxy) is 1. The Kier molecular flexibility index (Phi) is 2.70. The number of hydrogen-bond donors (Lipinski definition) is 2. The van der Waals surface area contributed by atoms with Crippen molar-refractivity contribution in [3.05, 3.63) is 0 Å². The summed E-state index contributed by atoms with van der Waals surface area (Å²) in [5.41, 5.74) is 0. The van der Waals surface area contributed by atoms with Gasteiger partial charge in [0, 0.05) is 12.6 Å². The van der Waals surface area contributed by atoms with Crippen LogP contribution >= 0.6 is 0 Å². The van der Waals surface area contributed by atoms with Crippen LogP contribution in [-0.4, -0.2) is 31.3 Å². The number of nitrogens with one attached hydrogen (secondary N) is 2. The summed E-state index contributed by atoms with van der Waals surface area (Å²) in [4.78, 5) is 10.5. The van der Waals surface area contributed by atoms with Gasteiger partial charge in [0.25, 0.3) is 0 Å². The summed E-state index contributed by atoms with van der Waals surface area (Å²) in [6.07, 6.45) is -0.301. The molecule has 1 unspecified atom stereocenters. The van der Waals surface area contributed by atoms with Gasteiger partial charge in [-0.3, -0.25) is 0 Å². The van der Waals surface area contributed by atoms with E-state index >= 15 is 0 Å². The molecule has 1 amide bonds. The summed E-state index contributed by atoms with van der Waals surface area (Å²) in [7, 11) is 0. The van der Waals surface area contributed by atoms with Crippen LogP contribution in [-0.2, 0) is 4.74 Å². The summed E-state index contributed by atoms with van der Waals surface area (Å²) in [6, 6.07) is 0.439. The summed E-state index contributed by atoms with van der Waals surface area (Å²) in [6.45, 7) is 5.48. The molecule has 0 aliphatic carbocycles. The van der Waals surface area contributed by atoms with Crippen molar-refractivity contribution in [1.29, 1.82) is 0 Å². The molecule has 0 aromatic carbocycles. The van der Waals surface area contributed by atoms with Crippen LogP contribution < -0.4 is 10.6 Å². The molecule has 0 aromatic heterocycles. The molecular formula is C7H14N2O2. The zero-order chi connectivity index (χ0) is 8.27. The zero-order valence-corrected chi connectivity index (χ0v) is 6.89. The van der Waals surface area contributed by atoms with E-state index < -0.39 is 0 Å². The highest BCUT2D eigenvalue weighted by Gasteiger charge is 2.21. The number of alkyl carbamates (subject to hydrolysis) is 1. The van der Waals surface area contributed by atoms with Gasteiger partial charge in [-0.25, -0.2) is 4.79 Å². The van der Waals surface area contributed by atoms with Gasteiger partial charge in [0.2, 0.25) is 0 Å². The summed E-state index contributed by atoms with van der Waals surface area (Å²) in [5.74, 6) is 0. The van der Waals surface area contributed by atoms with E-state index in [1.54, 1.807) is 0 Å². The fourth-order valence-corrected chi connectivity index (χ4v) is 0.913. The molecule has 4 heteroatoms. The van der Waals surface area contributed by atoms with Crippen molar-refractivity contribution in [3.8, 4) is 0 Å². The average Bonchev–Trinajstić information content (AvgIpc) is 2.31. The highest BCUT2D eigenvalue weighted by Crippen LogP contribution is 1.97. The topological polar surface area (TPSA) is 50.4 Å². The lowest BCUT2D eigenvalue weighted by Crippen LogP contribution is -2.33. The standard InChI is InChI=1S/C7H14N2O2/c1-5(2)8-3-6-4-9-7(10)11-6/h5-6,8H,3-4H2,1-2H3,(H,9,10). The molecule has 1 aliphatic heterocycles. The first-order chi connectivity index (χ1) is 5.18. The molecule has 0 spiro atoms. The van der Waals surface area contributed by atoms with Crippen LogP contribution in [0.25, 0.3) is 0 Å². The van der Waals surface area contributed by atoms with Crippen molar-refractivity contribution >= 4 is 6.09 Å². The molecule has 4 nitrogen and oxygen atoms in total. The second-order valence-corrected chi connectivity index (χ2v) is 2.97. The normalized spacial score (nSPS) is 23.5. The monoisotopic (exact) mass is 158 g/mol. The third-order valence-corrected chi connectivity index (χ3v) is 1.50. The molecule has 1 heterocycles. The molecule has 64 valence electrons. The number of rotatable bonds is 3. The Morgan fingerprint density at radius 1 is 1.82 bits per heavy atom. The summed E-state index contributed by atoms with van der Waals surface area (Å²) < 4.78 is 4.90. The van der Waals surface area contributed by atoms with Crippen LogP contribution in [0.15, 0.2) is 0 Å². The maximum absolute atomic E-state index is 10.5. The molecule has 1 rings (SSSR count). The Hall–Kier alpha value is -0.770. The molecular weight excluding hydrogens is 144 g/mol. The third-order valence-electron chi connectivity index (χ3n) is 1.50. The fourth-order valence-electron chi connectivity index (χ4n) is 0.913. The first kappa shape index (κ1) is 8.33. The van der Waals surface area contributed by atoms with E-state index in [1.165, 1.54) is 0 Å². The van der Waals surface area contributed by atoms with E-state index in [2.05, 4.69) is 24.5 Å². The van der Waals surface area contributed by atoms with Crippen LogP contribution in [0.1, 0.15) is 13.8 Å². The summed E-state index contributed by atoms with van der Waals surface area (Å²) in [5, 5.41) is 5.78. The van der Waals surface area contributed by atoms with Crippen LogP contribution in [0.2, 0.25) is 0 Å². The van der Waals surface area contributed by atoms with Gasteiger partial charge in [-0.2, -0.15) is 0 Å². The predicted molar refractivity (Wildman–Crippen MR) is 41.4 cm³/mol. The SMILES string of the molecule is CC(C)NCC1CNC(=O)O1. The number of cyclic esters (lactones) is 1. The maximum atomic E-state index is 10.5. The molecule has 1 atom stereocenters. The molecule has 0 aromatic rings. The van der Waals surface area contributed by atoms with Gasteiger partial charge < -0.3 is 15.4 Å². The van der Waals surface area contributed by atoms with Crippen molar-refractivity contribution in [1.82, 2.24) is 10.6 Å². The number of carbonyl (C=O) groups excluding carboxylic acids is 1. The quantitative estimate of drug-likeness (QED) is 0.612. The van der Waals surface area contributed by atoms with Crippen LogP contribution in [0, 0.1) is 0 Å². The smallest absolute Gasteiger partial charge is 0.407 e. The lowest BCUT2D eigenvalue weighted by molar-refractivity contribution is 0.138. The van der Waals surface area contributed by atoms with E-state index in [4.69, 9.17) is 4.74 Å². The van der Waals surface area contributed by atoms with E-state index in [1.807, 2.05) is 0 Å². The highest BCUT2D eigenvalue weighted by molar-refractivity contribution is 5.69. The van der Waals surface area contributed by atoms with Gasteiger partial charge in [-0.15, -0.1) is 0 Å². The molecule has 2 N–H and O–H groups in total. The second kappa shape index (κ2) is 3.57. The predicted octanol–water partition coefficient (Wildman–Crippen LogP) is 0.0928. The molecule has 1 fully saturated rings. The van der Waals surface area contributed by atoms with Gasteiger partial charge in [-0.1, -0.05) is 13.8 Å². The minimum Gasteiger partial charge on any atom is -0.443 e. The van der Waals surface area contributed by atoms with Crippen molar-refractivity contribution in [2.24, 2.45) is 0 Å². The molecule has 0 radical (unpaired) electrons. The highest BCUT2D eigenvalue weighted by atomic mass is 16.6. The van der Waals surface area contributed by atoms with Gasteiger partial charge in [-0.05, 0) is 0 Å². The Balaban J connectivity index is 2.13. The summed E-state index contributed by atoms with van der Waals surface area (Å²) >= 11 is 0. The Morgan fingerprint density at radius 2 is 2.55 bits per heavy atom. The van der Waals surface area contributed by atoms with E-state index in [9.17, 15) is 4.79 Å². The molecule has 1 aliphatic rings. The number of hydrogen-bond acceptors (Lipinski definition) is 3. The zero-order valence-electron chi connectivity index (χ0n) is 6.89. The molecule has 1 saturated heterocycles. The Morgan fingerprint density at radius 3 is 3.00 bits per heavy atom. The van der Waals surface area contributed by atoms with Crippen LogP contribution in [0.5, 0.6) is 0 Å². The first-order valence-electron chi connectivity index (χ1n) is 3.86. The Labute approximate surface area is 66.3 Å². The number of carbonyl (C=O) groups is 1. The van der Waals surface area contributed by atoms with Crippen LogP contribution in [0.4, 0.5) is 4.79 Å². The number of amides is 1. The molecule has 0 bridgehead atoms. The average molecular weight is 158 g/mol. The third kappa shape index (κ3) is 2.76. The largest absolute Gasteiger partial charge is 0.443 e. The molecule has 11 heavy (non-hydrogen) atoms. The van der Waals surface area contributed by atoms with Crippen LogP contribution in [0.3, 0.4) is 0 Å². The van der Waals surface area contributed by atoms with Gasteiger partial charge in [0.05, 0.1) is 6.54 Å². The van der Waals surface area contributed by atoms with E-state index in [0.717, 1.165) is 6.54 Å². The molecule has 0 saturated carbocycles. The van der Waals surface area contributed by atoms with E-state index in [-0.39, 0.29) is 12.2 Å². The lowest BCUT2D eigenvalue weighted by Gasteiger charge is -2.11. The minimum absolute atomic E-state index is 0.00454. The van der Waals surface area contributed by atoms with Crippen molar-refractivity contribution < 1.29 is 9.53 Å². The van der Waals surface area contributed by atoms with Crippen molar-refractivity contribution in [3.63, 3.8) is 0 Å². The Bertz CT molecular complexity index is 147.